The Balaban J connectivity index is 2.00. The number of hydrogen-bond acceptors (Lipinski definition) is 5. The lowest BCUT2D eigenvalue weighted by atomic mass is 10.1. The largest absolute Gasteiger partial charge is 0.383 e. The Hall–Kier alpha value is -1.24. The molecule has 18 heavy (non-hydrogen) atoms. The van der Waals surface area contributed by atoms with Gasteiger partial charge >= 0.3 is 0 Å². The van der Waals surface area contributed by atoms with E-state index in [9.17, 15) is 9.90 Å². The van der Waals surface area contributed by atoms with Crippen molar-refractivity contribution in [1.29, 1.82) is 0 Å². The monoisotopic (exact) mass is 282 g/mol. The molecule has 1 unspecified atom stereocenters. The molecule has 0 aliphatic heterocycles. The van der Waals surface area contributed by atoms with Crippen molar-refractivity contribution in [2.24, 2.45) is 0 Å². The molecule has 4 nitrogen and oxygen atoms in total. The number of aliphatic hydroxyl groups is 1. The van der Waals surface area contributed by atoms with Gasteiger partial charge in [0.25, 0.3) is 5.91 Å². The Morgan fingerprint density at radius 3 is 2.94 bits per heavy atom. The summed E-state index contributed by atoms with van der Waals surface area (Å²) in [6.45, 7) is 3.67. The second-order valence-corrected chi connectivity index (χ2v) is 5.82. The highest BCUT2D eigenvalue weighted by molar-refractivity contribution is 7.10. The number of hydrogen-bond donors (Lipinski definition) is 2. The van der Waals surface area contributed by atoms with Crippen LogP contribution >= 0.6 is 22.9 Å². The number of aromatic nitrogens is 1. The highest BCUT2D eigenvalue weighted by Crippen LogP contribution is 2.24. The second kappa shape index (κ2) is 5.17. The van der Waals surface area contributed by atoms with Crippen LogP contribution in [0.2, 0.25) is 0 Å². The molecule has 0 radical (unpaired) electrons. The highest BCUT2D eigenvalue weighted by Gasteiger charge is 2.25. The minimum Gasteiger partial charge on any atom is -0.383 e. The molecule has 2 heterocycles. The number of carbonyl (C=O) groups excluding carboxylic acids is 1. The lowest BCUT2D eigenvalue weighted by molar-refractivity contribution is 0.0556. The van der Waals surface area contributed by atoms with Crippen LogP contribution in [0.25, 0.3) is 0 Å². The van der Waals surface area contributed by atoms with Crippen molar-refractivity contribution in [1.82, 2.24) is 9.69 Å². The number of carbonyl (C=O) groups is 1. The van der Waals surface area contributed by atoms with Gasteiger partial charge in [0.1, 0.15) is 5.60 Å². The first-order valence-corrected chi connectivity index (χ1v) is 7.18. The standard InChI is InChI=1S/C12H14N2O2S2/c1-8-9(6-18-14-8)11(15)13-7-12(2,16)10-4-3-5-17-10/h3-6,16H,7H2,1-2H3,(H,13,15). The average Bonchev–Trinajstić information content (AvgIpc) is 2.96. The first-order chi connectivity index (χ1) is 8.50. The first kappa shape index (κ1) is 13.2. The number of thiophene rings is 1. The third kappa shape index (κ3) is 2.77. The SMILES string of the molecule is Cc1nscc1C(=O)NCC(C)(O)c1cccs1. The number of amides is 1. The van der Waals surface area contributed by atoms with E-state index in [-0.39, 0.29) is 12.5 Å². The van der Waals surface area contributed by atoms with Crippen LogP contribution in [0.5, 0.6) is 0 Å². The van der Waals surface area contributed by atoms with E-state index in [0.717, 1.165) is 4.88 Å². The van der Waals surface area contributed by atoms with Gasteiger partial charge in [0, 0.05) is 10.3 Å². The zero-order valence-electron chi connectivity index (χ0n) is 10.1. The smallest absolute Gasteiger partial charge is 0.254 e. The molecule has 0 saturated carbocycles. The Kier molecular flexibility index (Phi) is 3.79. The van der Waals surface area contributed by atoms with Crippen molar-refractivity contribution in [3.63, 3.8) is 0 Å². The Morgan fingerprint density at radius 2 is 2.39 bits per heavy atom. The van der Waals surface area contributed by atoms with Crippen molar-refractivity contribution in [2.75, 3.05) is 6.54 Å². The van der Waals surface area contributed by atoms with E-state index in [4.69, 9.17) is 0 Å². The van der Waals surface area contributed by atoms with Crippen LogP contribution in [0.15, 0.2) is 22.9 Å². The average molecular weight is 282 g/mol. The van der Waals surface area contributed by atoms with Crippen LogP contribution in [0.1, 0.15) is 27.9 Å². The molecule has 2 rings (SSSR count). The van der Waals surface area contributed by atoms with E-state index in [0.29, 0.717) is 11.3 Å². The minimum absolute atomic E-state index is 0.182. The number of rotatable bonds is 4. The second-order valence-electron chi connectivity index (χ2n) is 4.25. The summed E-state index contributed by atoms with van der Waals surface area (Å²) in [7, 11) is 0. The van der Waals surface area contributed by atoms with Gasteiger partial charge in [-0.05, 0) is 36.8 Å². The van der Waals surface area contributed by atoms with Crippen LogP contribution in [-0.2, 0) is 5.60 Å². The summed E-state index contributed by atoms with van der Waals surface area (Å²) in [4.78, 5) is 12.7. The number of nitrogens with zero attached hydrogens (tertiary/aromatic N) is 1. The molecule has 0 spiro atoms. The minimum atomic E-state index is -1.04. The molecule has 0 aliphatic rings. The van der Waals surface area contributed by atoms with Crippen molar-refractivity contribution in [2.45, 2.75) is 19.4 Å². The fraction of sp³-hybridized carbons (Fsp3) is 0.333. The molecule has 0 bridgehead atoms. The van der Waals surface area contributed by atoms with Crippen LogP contribution in [0.3, 0.4) is 0 Å². The molecule has 0 saturated heterocycles. The summed E-state index contributed by atoms with van der Waals surface area (Å²) >= 11 is 2.72. The molecular formula is C12H14N2O2S2. The van der Waals surface area contributed by atoms with E-state index in [1.165, 1.54) is 22.9 Å². The number of nitrogens with one attached hydrogen (secondary N) is 1. The summed E-state index contributed by atoms with van der Waals surface area (Å²) in [6.07, 6.45) is 0. The van der Waals surface area contributed by atoms with Gasteiger partial charge in [-0.1, -0.05) is 6.07 Å². The molecule has 0 fully saturated rings. The molecule has 0 aliphatic carbocycles. The molecule has 1 atom stereocenters. The fourth-order valence-electron chi connectivity index (χ4n) is 1.53. The molecule has 2 N–H and O–H groups in total. The van der Waals surface area contributed by atoms with Gasteiger partial charge in [0.05, 0.1) is 17.8 Å². The molecule has 1 amide bonds. The molecule has 2 aromatic heterocycles. The first-order valence-electron chi connectivity index (χ1n) is 5.46. The fourth-order valence-corrected chi connectivity index (χ4v) is 3.01. The highest BCUT2D eigenvalue weighted by atomic mass is 32.1. The summed E-state index contributed by atoms with van der Waals surface area (Å²) in [5.74, 6) is -0.196. The van der Waals surface area contributed by atoms with Crippen molar-refractivity contribution < 1.29 is 9.90 Å². The summed E-state index contributed by atoms with van der Waals surface area (Å²) in [5.41, 5.74) is 0.247. The van der Waals surface area contributed by atoms with Crippen LogP contribution < -0.4 is 5.32 Å². The van der Waals surface area contributed by atoms with Crippen molar-refractivity contribution in [3.8, 4) is 0 Å². The molecule has 6 heteroatoms. The van der Waals surface area contributed by atoms with Crippen LogP contribution in [0.4, 0.5) is 0 Å². The van der Waals surface area contributed by atoms with E-state index >= 15 is 0 Å². The maximum atomic E-state index is 11.9. The van der Waals surface area contributed by atoms with E-state index in [1.54, 1.807) is 19.2 Å². The normalized spacial score (nSPS) is 14.2. The van der Waals surface area contributed by atoms with Crippen LogP contribution in [-0.4, -0.2) is 21.9 Å². The quantitative estimate of drug-likeness (QED) is 0.903. The zero-order valence-corrected chi connectivity index (χ0v) is 11.8. The van der Waals surface area contributed by atoms with Crippen LogP contribution in [0, 0.1) is 6.92 Å². The summed E-state index contributed by atoms with van der Waals surface area (Å²) < 4.78 is 4.05. The predicted molar refractivity (Wildman–Crippen MR) is 73.1 cm³/mol. The predicted octanol–water partition coefficient (Wildman–Crippen LogP) is 2.15. The third-order valence-corrected chi connectivity index (χ3v) is 4.48. The van der Waals surface area contributed by atoms with E-state index in [1.807, 2.05) is 17.5 Å². The van der Waals surface area contributed by atoms with Gasteiger partial charge in [-0.25, -0.2) is 0 Å². The maximum absolute atomic E-state index is 11.9. The molecule has 2 aromatic rings. The third-order valence-electron chi connectivity index (χ3n) is 2.64. The molecular weight excluding hydrogens is 268 g/mol. The molecule has 0 aromatic carbocycles. The van der Waals surface area contributed by atoms with Gasteiger partial charge in [0.15, 0.2) is 0 Å². The Morgan fingerprint density at radius 1 is 1.61 bits per heavy atom. The molecule has 96 valence electrons. The van der Waals surface area contributed by atoms with Gasteiger partial charge in [-0.3, -0.25) is 4.79 Å². The lowest BCUT2D eigenvalue weighted by Gasteiger charge is -2.22. The maximum Gasteiger partial charge on any atom is 0.254 e. The topological polar surface area (TPSA) is 62.2 Å². The van der Waals surface area contributed by atoms with Gasteiger partial charge in [0.2, 0.25) is 0 Å². The lowest BCUT2D eigenvalue weighted by Crippen LogP contribution is -2.38. The summed E-state index contributed by atoms with van der Waals surface area (Å²) in [5, 5.41) is 16.6. The summed E-state index contributed by atoms with van der Waals surface area (Å²) in [6, 6.07) is 3.73. The van der Waals surface area contributed by atoms with Gasteiger partial charge < -0.3 is 10.4 Å². The van der Waals surface area contributed by atoms with Gasteiger partial charge in [-0.15, -0.1) is 11.3 Å². The van der Waals surface area contributed by atoms with Crippen molar-refractivity contribution in [3.05, 3.63) is 39.0 Å². The Labute approximate surface area is 113 Å². The van der Waals surface area contributed by atoms with Gasteiger partial charge in [-0.2, -0.15) is 4.37 Å². The number of aryl methyl sites for hydroxylation is 1. The van der Waals surface area contributed by atoms with Crippen molar-refractivity contribution >= 4 is 28.8 Å². The Bertz CT molecular complexity index is 532. The van der Waals surface area contributed by atoms with E-state index in [2.05, 4.69) is 9.69 Å². The van der Waals surface area contributed by atoms with E-state index < -0.39 is 5.60 Å². The zero-order chi connectivity index (χ0) is 13.2.